The number of aromatic nitrogens is 2. The molecule has 2 fully saturated rings. The Kier molecular flexibility index (Phi) is 4.06. The second-order valence-corrected chi connectivity index (χ2v) is 6.79. The SMILES string of the molecule is CCC1(c2nc(C3(OC)CCCC(C)C3)no2)CCCN1. The van der Waals surface area contributed by atoms with Crippen molar-refractivity contribution in [1.82, 2.24) is 15.5 Å². The maximum Gasteiger partial charge on any atom is 0.247 e. The first-order chi connectivity index (χ1) is 10.1. The van der Waals surface area contributed by atoms with E-state index in [0.29, 0.717) is 5.92 Å². The highest BCUT2D eigenvalue weighted by atomic mass is 16.5. The number of hydrogen-bond donors (Lipinski definition) is 1. The van der Waals surface area contributed by atoms with Crippen LogP contribution in [0.25, 0.3) is 0 Å². The molecule has 3 rings (SSSR count). The van der Waals surface area contributed by atoms with E-state index in [4.69, 9.17) is 14.2 Å². The first-order valence-corrected chi connectivity index (χ1v) is 8.29. The van der Waals surface area contributed by atoms with Crippen LogP contribution in [-0.4, -0.2) is 23.8 Å². The molecular formula is C16H27N3O2. The number of methoxy groups -OCH3 is 1. The average Bonchev–Trinajstić information content (AvgIpc) is 3.17. The van der Waals surface area contributed by atoms with Crippen LogP contribution >= 0.6 is 0 Å². The summed E-state index contributed by atoms with van der Waals surface area (Å²) in [5, 5.41) is 7.86. The Hall–Kier alpha value is -0.940. The second kappa shape index (κ2) is 5.69. The maximum atomic E-state index is 5.87. The van der Waals surface area contributed by atoms with Crippen LogP contribution in [0, 0.1) is 5.92 Å². The molecule has 1 aliphatic carbocycles. The van der Waals surface area contributed by atoms with Gasteiger partial charge in [-0.3, -0.25) is 0 Å². The lowest BCUT2D eigenvalue weighted by atomic mass is 9.78. The van der Waals surface area contributed by atoms with Crippen molar-refractivity contribution in [2.24, 2.45) is 5.92 Å². The third-order valence-electron chi connectivity index (χ3n) is 5.44. The third-order valence-corrected chi connectivity index (χ3v) is 5.44. The van der Waals surface area contributed by atoms with Gasteiger partial charge < -0.3 is 14.6 Å². The summed E-state index contributed by atoms with van der Waals surface area (Å²) in [4.78, 5) is 4.77. The van der Waals surface area contributed by atoms with Crippen molar-refractivity contribution in [2.45, 2.75) is 69.9 Å². The topological polar surface area (TPSA) is 60.2 Å². The van der Waals surface area contributed by atoms with Gasteiger partial charge in [0.25, 0.3) is 0 Å². The van der Waals surface area contributed by atoms with Crippen molar-refractivity contribution in [1.29, 1.82) is 0 Å². The van der Waals surface area contributed by atoms with Crippen molar-refractivity contribution >= 4 is 0 Å². The Morgan fingerprint density at radius 1 is 1.38 bits per heavy atom. The fourth-order valence-corrected chi connectivity index (χ4v) is 4.03. The minimum Gasteiger partial charge on any atom is -0.370 e. The van der Waals surface area contributed by atoms with Crippen molar-refractivity contribution in [3.8, 4) is 0 Å². The van der Waals surface area contributed by atoms with Gasteiger partial charge in [-0.25, -0.2) is 0 Å². The fourth-order valence-electron chi connectivity index (χ4n) is 4.03. The molecule has 2 heterocycles. The van der Waals surface area contributed by atoms with Crippen LogP contribution in [0.1, 0.15) is 70.5 Å². The lowest BCUT2D eigenvalue weighted by Crippen LogP contribution is -2.38. The summed E-state index contributed by atoms with van der Waals surface area (Å²) in [6.45, 7) is 5.48. The van der Waals surface area contributed by atoms with Gasteiger partial charge in [-0.1, -0.05) is 25.4 Å². The van der Waals surface area contributed by atoms with Gasteiger partial charge in [0.05, 0.1) is 5.54 Å². The number of rotatable bonds is 4. The van der Waals surface area contributed by atoms with Crippen molar-refractivity contribution in [2.75, 3.05) is 13.7 Å². The molecule has 21 heavy (non-hydrogen) atoms. The summed E-state index contributed by atoms with van der Waals surface area (Å²) in [5.41, 5.74) is -0.479. The minimum absolute atomic E-state index is 0.125. The number of hydrogen-bond acceptors (Lipinski definition) is 5. The average molecular weight is 293 g/mol. The van der Waals surface area contributed by atoms with E-state index in [2.05, 4.69) is 24.3 Å². The predicted octanol–water partition coefficient (Wildman–Crippen LogP) is 3.11. The van der Waals surface area contributed by atoms with E-state index >= 15 is 0 Å². The van der Waals surface area contributed by atoms with E-state index in [-0.39, 0.29) is 11.1 Å². The largest absolute Gasteiger partial charge is 0.370 e. The molecular weight excluding hydrogens is 266 g/mol. The molecule has 5 nitrogen and oxygen atoms in total. The molecule has 1 aromatic rings. The molecule has 1 N–H and O–H groups in total. The Labute approximate surface area is 126 Å². The van der Waals surface area contributed by atoms with Crippen LogP contribution < -0.4 is 5.32 Å². The molecule has 3 atom stereocenters. The van der Waals surface area contributed by atoms with Crippen LogP contribution in [0.4, 0.5) is 0 Å². The van der Waals surface area contributed by atoms with Crippen LogP contribution in [0.2, 0.25) is 0 Å². The number of nitrogens with zero attached hydrogens (tertiary/aromatic N) is 2. The Bertz CT molecular complexity index is 482. The van der Waals surface area contributed by atoms with Crippen LogP contribution in [-0.2, 0) is 15.9 Å². The fraction of sp³-hybridized carbons (Fsp3) is 0.875. The van der Waals surface area contributed by atoms with Gasteiger partial charge in [0.15, 0.2) is 0 Å². The molecule has 1 aliphatic heterocycles. The standard InChI is InChI=1S/C16H27N3O2/c1-4-15(8-6-10-17-15)14-18-13(19-21-14)16(20-3)9-5-7-12(2)11-16/h12,17H,4-11H2,1-3H3. The zero-order valence-corrected chi connectivity index (χ0v) is 13.4. The molecule has 0 radical (unpaired) electrons. The minimum atomic E-state index is -0.354. The van der Waals surface area contributed by atoms with Crippen LogP contribution in [0.3, 0.4) is 0 Å². The lowest BCUT2D eigenvalue weighted by molar-refractivity contribution is -0.0658. The highest BCUT2D eigenvalue weighted by Crippen LogP contribution is 2.42. The zero-order chi connectivity index (χ0) is 14.9. The van der Waals surface area contributed by atoms with Gasteiger partial charge in [-0.2, -0.15) is 4.98 Å². The Morgan fingerprint density at radius 2 is 2.24 bits per heavy atom. The Balaban J connectivity index is 1.89. The highest BCUT2D eigenvalue weighted by molar-refractivity contribution is 5.11. The quantitative estimate of drug-likeness (QED) is 0.924. The Morgan fingerprint density at radius 3 is 2.86 bits per heavy atom. The van der Waals surface area contributed by atoms with Crippen molar-refractivity contribution in [3.63, 3.8) is 0 Å². The molecule has 0 bridgehead atoms. The molecule has 0 amide bonds. The molecule has 2 aliphatic rings. The number of nitrogens with one attached hydrogen (secondary N) is 1. The van der Waals surface area contributed by atoms with E-state index in [0.717, 1.165) is 56.8 Å². The number of ether oxygens (including phenoxy) is 1. The summed E-state index contributed by atoms with van der Waals surface area (Å²) < 4.78 is 11.5. The van der Waals surface area contributed by atoms with Gasteiger partial charge in [-0.15, -0.1) is 0 Å². The molecule has 1 saturated heterocycles. The first kappa shape index (κ1) is 15.0. The summed E-state index contributed by atoms with van der Waals surface area (Å²) in [6.07, 6.45) is 7.60. The van der Waals surface area contributed by atoms with Gasteiger partial charge in [0.2, 0.25) is 11.7 Å². The van der Waals surface area contributed by atoms with Crippen LogP contribution in [0.15, 0.2) is 4.52 Å². The van der Waals surface area contributed by atoms with Gasteiger partial charge in [0.1, 0.15) is 5.60 Å². The lowest BCUT2D eigenvalue weighted by Gasteiger charge is -2.36. The molecule has 3 unspecified atom stereocenters. The van der Waals surface area contributed by atoms with Crippen molar-refractivity contribution < 1.29 is 9.26 Å². The molecule has 0 spiro atoms. The molecule has 1 aromatic heterocycles. The molecule has 118 valence electrons. The van der Waals surface area contributed by atoms with Crippen molar-refractivity contribution in [3.05, 3.63) is 11.7 Å². The molecule has 5 heteroatoms. The maximum absolute atomic E-state index is 5.87. The van der Waals surface area contributed by atoms with Crippen LogP contribution in [0.5, 0.6) is 0 Å². The van der Waals surface area contributed by atoms with Gasteiger partial charge in [0, 0.05) is 7.11 Å². The smallest absolute Gasteiger partial charge is 0.247 e. The second-order valence-electron chi connectivity index (χ2n) is 6.79. The van der Waals surface area contributed by atoms with Gasteiger partial charge >= 0.3 is 0 Å². The zero-order valence-electron chi connectivity index (χ0n) is 13.4. The predicted molar refractivity (Wildman–Crippen MR) is 79.8 cm³/mol. The van der Waals surface area contributed by atoms with Gasteiger partial charge in [-0.05, 0) is 51.0 Å². The summed E-state index contributed by atoms with van der Waals surface area (Å²) in [6, 6.07) is 0. The normalized spacial score (nSPS) is 37.0. The van der Waals surface area contributed by atoms with E-state index < -0.39 is 0 Å². The third kappa shape index (κ3) is 2.50. The van der Waals surface area contributed by atoms with E-state index in [1.54, 1.807) is 7.11 Å². The summed E-state index contributed by atoms with van der Waals surface area (Å²) in [5.74, 6) is 2.13. The highest BCUT2D eigenvalue weighted by Gasteiger charge is 2.44. The molecule has 0 aromatic carbocycles. The van der Waals surface area contributed by atoms with E-state index in [1.165, 1.54) is 6.42 Å². The first-order valence-electron chi connectivity index (χ1n) is 8.29. The summed E-state index contributed by atoms with van der Waals surface area (Å²) >= 11 is 0. The monoisotopic (exact) mass is 293 g/mol. The molecule has 1 saturated carbocycles. The van der Waals surface area contributed by atoms with E-state index in [1.807, 2.05) is 0 Å². The van der Waals surface area contributed by atoms with E-state index in [9.17, 15) is 0 Å². The summed E-state index contributed by atoms with van der Waals surface area (Å²) in [7, 11) is 1.78.